The van der Waals surface area contributed by atoms with Crippen LogP contribution in [0, 0.1) is 5.82 Å². The molecule has 0 aliphatic carbocycles. The van der Waals surface area contributed by atoms with Crippen LogP contribution in [0.2, 0.25) is 0 Å². The van der Waals surface area contributed by atoms with Gasteiger partial charge in [-0.05, 0) is 26.8 Å². The van der Waals surface area contributed by atoms with Crippen LogP contribution in [-0.4, -0.2) is 10.6 Å². The maximum Gasteiger partial charge on any atom is 0.129 e. The van der Waals surface area contributed by atoms with Crippen LogP contribution in [0.15, 0.2) is 24.3 Å². The Labute approximate surface area is 83.6 Å². The second-order valence-corrected chi connectivity index (χ2v) is 4.27. The molecule has 1 atom stereocenters. The first kappa shape index (κ1) is 11.1. The molecule has 1 unspecified atom stereocenters. The minimum atomic E-state index is -1.38. The highest BCUT2D eigenvalue weighted by molar-refractivity contribution is 5.27. The van der Waals surface area contributed by atoms with Crippen molar-refractivity contribution in [1.82, 2.24) is 0 Å². The molecule has 0 bridgehead atoms. The molecule has 78 valence electrons. The van der Waals surface area contributed by atoms with Gasteiger partial charge in [-0.1, -0.05) is 18.2 Å². The summed E-state index contributed by atoms with van der Waals surface area (Å²) in [5, 5.41) is 10.1. The molecule has 3 heteroatoms. The van der Waals surface area contributed by atoms with Crippen molar-refractivity contribution in [2.24, 2.45) is 5.73 Å². The Morgan fingerprint density at radius 3 is 2.14 bits per heavy atom. The van der Waals surface area contributed by atoms with Gasteiger partial charge in [0.15, 0.2) is 0 Å². The number of rotatable bonds is 2. The summed E-state index contributed by atoms with van der Waals surface area (Å²) in [6.45, 7) is 4.85. The van der Waals surface area contributed by atoms with E-state index in [-0.39, 0.29) is 5.56 Å². The average molecular weight is 197 g/mol. The van der Waals surface area contributed by atoms with E-state index in [9.17, 15) is 9.50 Å². The zero-order valence-electron chi connectivity index (χ0n) is 8.71. The fraction of sp³-hybridized carbons (Fsp3) is 0.455. The first-order valence-electron chi connectivity index (χ1n) is 4.53. The van der Waals surface area contributed by atoms with Gasteiger partial charge in [-0.15, -0.1) is 0 Å². The summed E-state index contributed by atoms with van der Waals surface area (Å²) in [6.07, 6.45) is 0. The monoisotopic (exact) mass is 197 g/mol. The smallest absolute Gasteiger partial charge is 0.129 e. The van der Waals surface area contributed by atoms with E-state index in [0.29, 0.717) is 0 Å². The highest BCUT2D eigenvalue weighted by Gasteiger charge is 2.39. The first-order chi connectivity index (χ1) is 6.27. The van der Waals surface area contributed by atoms with E-state index in [2.05, 4.69) is 0 Å². The molecule has 1 aromatic carbocycles. The lowest BCUT2D eigenvalue weighted by Gasteiger charge is -2.37. The predicted molar refractivity (Wildman–Crippen MR) is 54.2 cm³/mol. The summed E-state index contributed by atoms with van der Waals surface area (Å²) >= 11 is 0. The molecule has 1 rings (SSSR count). The zero-order valence-corrected chi connectivity index (χ0v) is 8.71. The van der Waals surface area contributed by atoms with Crippen molar-refractivity contribution in [3.8, 4) is 0 Å². The van der Waals surface area contributed by atoms with Gasteiger partial charge in [-0.3, -0.25) is 0 Å². The van der Waals surface area contributed by atoms with Crippen molar-refractivity contribution in [2.75, 3.05) is 0 Å². The van der Waals surface area contributed by atoms with Crippen molar-refractivity contribution in [2.45, 2.75) is 31.9 Å². The Balaban J connectivity index is 3.23. The summed E-state index contributed by atoms with van der Waals surface area (Å²) in [4.78, 5) is 0. The summed E-state index contributed by atoms with van der Waals surface area (Å²) < 4.78 is 13.4. The van der Waals surface area contributed by atoms with Gasteiger partial charge in [0, 0.05) is 11.1 Å². The normalized spacial score (nSPS) is 16.4. The average Bonchev–Trinajstić information content (AvgIpc) is 2.02. The van der Waals surface area contributed by atoms with Crippen LogP contribution in [0.1, 0.15) is 26.3 Å². The van der Waals surface area contributed by atoms with Crippen LogP contribution in [0.25, 0.3) is 0 Å². The van der Waals surface area contributed by atoms with Crippen molar-refractivity contribution in [3.05, 3.63) is 35.6 Å². The lowest BCUT2D eigenvalue weighted by Crippen LogP contribution is -2.52. The maximum absolute atomic E-state index is 13.4. The SMILES string of the molecule is CC(C)(N)C(C)(O)c1ccccc1F. The zero-order chi connectivity index (χ0) is 11.0. The van der Waals surface area contributed by atoms with Crippen molar-refractivity contribution in [1.29, 1.82) is 0 Å². The van der Waals surface area contributed by atoms with Gasteiger partial charge in [0.25, 0.3) is 0 Å². The quantitative estimate of drug-likeness (QED) is 0.759. The van der Waals surface area contributed by atoms with E-state index in [1.165, 1.54) is 13.0 Å². The fourth-order valence-corrected chi connectivity index (χ4v) is 1.20. The highest BCUT2D eigenvalue weighted by atomic mass is 19.1. The molecular weight excluding hydrogens is 181 g/mol. The van der Waals surface area contributed by atoms with Crippen LogP contribution in [-0.2, 0) is 5.60 Å². The molecule has 3 N–H and O–H groups in total. The van der Waals surface area contributed by atoms with Gasteiger partial charge in [0.05, 0.1) is 0 Å². The molecule has 0 aliphatic heterocycles. The molecule has 0 heterocycles. The fourth-order valence-electron chi connectivity index (χ4n) is 1.20. The summed E-state index contributed by atoms with van der Waals surface area (Å²) in [6, 6.07) is 6.12. The minimum absolute atomic E-state index is 0.229. The molecule has 1 aromatic rings. The summed E-state index contributed by atoms with van der Waals surface area (Å²) in [7, 11) is 0. The van der Waals surface area contributed by atoms with E-state index in [0.717, 1.165) is 0 Å². The van der Waals surface area contributed by atoms with Crippen LogP contribution in [0.5, 0.6) is 0 Å². The first-order valence-corrected chi connectivity index (χ1v) is 4.53. The standard InChI is InChI=1S/C11H16FNO/c1-10(2,13)11(3,14)8-6-4-5-7-9(8)12/h4-7,14H,13H2,1-3H3. The lowest BCUT2D eigenvalue weighted by atomic mass is 9.79. The summed E-state index contributed by atoms with van der Waals surface area (Å²) in [5.41, 5.74) is 3.76. The highest BCUT2D eigenvalue weighted by Crippen LogP contribution is 2.31. The molecular formula is C11H16FNO. The van der Waals surface area contributed by atoms with E-state index in [4.69, 9.17) is 5.73 Å². The number of benzene rings is 1. The number of aliphatic hydroxyl groups is 1. The van der Waals surface area contributed by atoms with E-state index in [1.807, 2.05) is 0 Å². The third kappa shape index (κ3) is 1.79. The van der Waals surface area contributed by atoms with Crippen LogP contribution >= 0.6 is 0 Å². The molecule has 0 aliphatic rings. The molecule has 0 aromatic heterocycles. The molecule has 0 amide bonds. The topological polar surface area (TPSA) is 46.2 Å². The van der Waals surface area contributed by atoms with Crippen LogP contribution < -0.4 is 5.73 Å². The van der Waals surface area contributed by atoms with Gasteiger partial charge < -0.3 is 10.8 Å². The second-order valence-electron chi connectivity index (χ2n) is 4.27. The Bertz CT molecular complexity index is 328. The van der Waals surface area contributed by atoms with E-state index >= 15 is 0 Å². The number of nitrogens with two attached hydrogens (primary N) is 1. The Kier molecular flexibility index (Phi) is 2.65. The van der Waals surface area contributed by atoms with Gasteiger partial charge in [-0.2, -0.15) is 0 Å². The number of hydrogen-bond donors (Lipinski definition) is 2. The molecule has 14 heavy (non-hydrogen) atoms. The van der Waals surface area contributed by atoms with E-state index < -0.39 is 17.0 Å². The molecule has 2 nitrogen and oxygen atoms in total. The third-order valence-electron chi connectivity index (χ3n) is 2.65. The largest absolute Gasteiger partial charge is 0.383 e. The summed E-state index contributed by atoms with van der Waals surface area (Å²) in [5.74, 6) is -0.434. The Morgan fingerprint density at radius 2 is 1.71 bits per heavy atom. The van der Waals surface area contributed by atoms with E-state index in [1.54, 1.807) is 32.0 Å². The third-order valence-corrected chi connectivity index (χ3v) is 2.65. The molecule has 0 spiro atoms. The van der Waals surface area contributed by atoms with Crippen LogP contribution in [0.4, 0.5) is 4.39 Å². The second kappa shape index (κ2) is 3.33. The van der Waals surface area contributed by atoms with Gasteiger partial charge in [0.1, 0.15) is 11.4 Å². The van der Waals surface area contributed by atoms with Gasteiger partial charge in [-0.25, -0.2) is 4.39 Å². The number of halogens is 1. The predicted octanol–water partition coefficient (Wildman–Crippen LogP) is 1.77. The Hall–Kier alpha value is -0.930. The van der Waals surface area contributed by atoms with Crippen molar-refractivity contribution in [3.63, 3.8) is 0 Å². The van der Waals surface area contributed by atoms with Crippen molar-refractivity contribution >= 4 is 0 Å². The van der Waals surface area contributed by atoms with Crippen LogP contribution in [0.3, 0.4) is 0 Å². The molecule has 0 radical (unpaired) electrons. The molecule has 0 saturated carbocycles. The number of hydrogen-bond acceptors (Lipinski definition) is 2. The lowest BCUT2D eigenvalue weighted by molar-refractivity contribution is -0.0117. The van der Waals surface area contributed by atoms with Gasteiger partial charge in [0.2, 0.25) is 0 Å². The Morgan fingerprint density at radius 1 is 1.21 bits per heavy atom. The maximum atomic E-state index is 13.4. The minimum Gasteiger partial charge on any atom is -0.383 e. The molecule has 0 saturated heterocycles. The van der Waals surface area contributed by atoms with Gasteiger partial charge >= 0.3 is 0 Å². The molecule has 0 fully saturated rings. The van der Waals surface area contributed by atoms with Crippen molar-refractivity contribution < 1.29 is 9.50 Å².